The highest BCUT2D eigenvalue weighted by Crippen LogP contribution is 2.37. The zero-order valence-corrected chi connectivity index (χ0v) is 13.4. The molecule has 2 unspecified atom stereocenters. The fraction of sp³-hybridized carbons (Fsp3) is 0.438. The van der Waals surface area contributed by atoms with Crippen molar-refractivity contribution in [3.8, 4) is 0 Å². The van der Waals surface area contributed by atoms with E-state index in [1.165, 1.54) is 11.1 Å². The lowest BCUT2D eigenvalue weighted by Crippen LogP contribution is -2.21. The molecule has 0 amide bonds. The van der Waals surface area contributed by atoms with E-state index >= 15 is 0 Å². The van der Waals surface area contributed by atoms with E-state index in [1.807, 2.05) is 18.7 Å². The van der Waals surface area contributed by atoms with Gasteiger partial charge in [-0.05, 0) is 46.8 Å². The number of fused-ring (bicyclic) bond motifs is 1. The van der Waals surface area contributed by atoms with Crippen molar-refractivity contribution in [3.63, 3.8) is 0 Å². The Labute approximate surface area is 127 Å². The zero-order valence-electron chi connectivity index (χ0n) is 11.8. The smallest absolute Gasteiger partial charge is 0.0738 e. The molecule has 2 aromatic rings. The number of aliphatic hydroxyl groups excluding tert-OH is 1. The molecule has 0 aliphatic heterocycles. The lowest BCUT2D eigenvalue weighted by Gasteiger charge is -2.19. The third kappa shape index (κ3) is 2.31. The topological polar surface area (TPSA) is 38.0 Å². The normalized spacial score (nSPS) is 19.1. The standard InChI is InChI=1S/C16H19BrN2O/c1-10-16(17)14(19(2)18-10)9-15(20)13-8-7-11-5-3-4-6-12(11)13/h3-6,13,15,20H,7-9H2,1-2H3. The van der Waals surface area contributed by atoms with Crippen LogP contribution in [0.5, 0.6) is 0 Å². The summed E-state index contributed by atoms with van der Waals surface area (Å²) in [6, 6.07) is 8.47. The van der Waals surface area contributed by atoms with Crippen LogP contribution in [0.2, 0.25) is 0 Å². The first-order valence-electron chi connectivity index (χ1n) is 7.01. The summed E-state index contributed by atoms with van der Waals surface area (Å²) in [7, 11) is 1.93. The largest absolute Gasteiger partial charge is 0.392 e. The van der Waals surface area contributed by atoms with Crippen LogP contribution in [-0.2, 0) is 19.9 Å². The van der Waals surface area contributed by atoms with Crippen molar-refractivity contribution in [2.24, 2.45) is 7.05 Å². The maximum Gasteiger partial charge on any atom is 0.0738 e. The number of aromatic nitrogens is 2. The Morgan fingerprint density at radius 3 is 2.90 bits per heavy atom. The minimum Gasteiger partial charge on any atom is -0.392 e. The van der Waals surface area contributed by atoms with Gasteiger partial charge in [-0.3, -0.25) is 4.68 Å². The Bertz CT molecular complexity index is 635. The maximum absolute atomic E-state index is 10.6. The highest BCUT2D eigenvalue weighted by molar-refractivity contribution is 9.10. The van der Waals surface area contributed by atoms with E-state index < -0.39 is 0 Å². The predicted molar refractivity (Wildman–Crippen MR) is 82.9 cm³/mol. The summed E-state index contributed by atoms with van der Waals surface area (Å²) in [6.45, 7) is 1.98. The maximum atomic E-state index is 10.6. The van der Waals surface area contributed by atoms with E-state index in [2.05, 4.69) is 45.3 Å². The van der Waals surface area contributed by atoms with Crippen molar-refractivity contribution >= 4 is 15.9 Å². The molecule has 0 radical (unpaired) electrons. The summed E-state index contributed by atoms with van der Waals surface area (Å²) in [6.07, 6.45) is 2.39. The Morgan fingerprint density at radius 1 is 1.45 bits per heavy atom. The Balaban J connectivity index is 1.83. The molecule has 3 rings (SSSR count). The van der Waals surface area contributed by atoms with Crippen LogP contribution in [0.4, 0.5) is 0 Å². The van der Waals surface area contributed by atoms with Crippen LogP contribution in [-0.4, -0.2) is 21.0 Å². The molecule has 3 nitrogen and oxygen atoms in total. The van der Waals surface area contributed by atoms with Crippen molar-refractivity contribution in [1.82, 2.24) is 9.78 Å². The van der Waals surface area contributed by atoms with Crippen LogP contribution < -0.4 is 0 Å². The molecular weight excluding hydrogens is 316 g/mol. The van der Waals surface area contributed by atoms with Gasteiger partial charge in [0.25, 0.3) is 0 Å². The molecule has 2 atom stereocenters. The number of aliphatic hydroxyl groups is 1. The molecule has 1 aromatic carbocycles. The molecule has 1 N–H and O–H groups in total. The first-order chi connectivity index (χ1) is 9.58. The third-order valence-corrected chi connectivity index (χ3v) is 5.34. The van der Waals surface area contributed by atoms with Gasteiger partial charge in [0.2, 0.25) is 0 Å². The second-order valence-corrected chi connectivity index (χ2v) is 6.38. The molecule has 0 bridgehead atoms. The van der Waals surface area contributed by atoms with E-state index in [0.717, 1.165) is 28.7 Å². The van der Waals surface area contributed by atoms with Crippen LogP contribution in [0.3, 0.4) is 0 Å². The summed E-state index contributed by atoms with van der Waals surface area (Å²) in [4.78, 5) is 0. The Hall–Kier alpha value is -1.13. The van der Waals surface area contributed by atoms with Crippen LogP contribution in [0, 0.1) is 6.92 Å². The number of benzene rings is 1. The van der Waals surface area contributed by atoms with Gasteiger partial charge in [0.15, 0.2) is 0 Å². The van der Waals surface area contributed by atoms with Gasteiger partial charge >= 0.3 is 0 Å². The quantitative estimate of drug-likeness (QED) is 0.936. The molecule has 0 saturated carbocycles. The van der Waals surface area contributed by atoms with E-state index in [0.29, 0.717) is 6.42 Å². The predicted octanol–water partition coefficient (Wildman–Crippen LogP) is 3.12. The SMILES string of the molecule is Cc1nn(C)c(CC(O)C2CCc3ccccc32)c1Br. The summed E-state index contributed by atoms with van der Waals surface area (Å²) in [5.74, 6) is 0.244. The number of hydrogen-bond donors (Lipinski definition) is 1. The van der Waals surface area contributed by atoms with Crippen LogP contribution in [0.15, 0.2) is 28.7 Å². The Kier molecular flexibility index (Phi) is 3.69. The molecule has 0 spiro atoms. The first kappa shape index (κ1) is 13.8. The van der Waals surface area contributed by atoms with Gasteiger partial charge in [-0.25, -0.2) is 0 Å². The van der Waals surface area contributed by atoms with Gasteiger partial charge in [0.05, 0.1) is 22.0 Å². The highest BCUT2D eigenvalue weighted by Gasteiger charge is 2.29. The van der Waals surface area contributed by atoms with Crippen molar-refractivity contribution in [3.05, 3.63) is 51.3 Å². The molecule has 20 heavy (non-hydrogen) atoms. The average molecular weight is 335 g/mol. The van der Waals surface area contributed by atoms with Crippen molar-refractivity contribution < 1.29 is 5.11 Å². The van der Waals surface area contributed by atoms with Gasteiger partial charge in [-0.15, -0.1) is 0 Å². The van der Waals surface area contributed by atoms with Gasteiger partial charge in [-0.2, -0.15) is 5.10 Å². The van der Waals surface area contributed by atoms with E-state index in [9.17, 15) is 5.11 Å². The molecule has 0 fully saturated rings. The lowest BCUT2D eigenvalue weighted by atomic mass is 9.92. The Morgan fingerprint density at radius 2 is 2.20 bits per heavy atom. The molecule has 1 aromatic heterocycles. The minimum atomic E-state index is -0.357. The molecule has 0 saturated heterocycles. The molecular formula is C16H19BrN2O. The summed E-state index contributed by atoms with van der Waals surface area (Å²) in [5.41, 5.74) is 4.74. The van der Waals surface area contributed by atoms with E-state index in [-0.39, 0.29) is 12.0 Å². The first-order valence-corrected chi connectivity index (χ1v) is 7.81. The van der Waals surface area contributed by atoms with Gasteiger partial charge < -0.3 is 5.11 Å². The van der Waals surface area contributed by atoms with Gasteiger partial charge in [-0.1, -0.05) is 24.3 Å². The zero-order chi connectivity index (χ0) is 14.3. The van der Waals surface area contributed by atoms with Gasteiger partial charge in [0.1, 0.15) is 0 Å². The third-order valence-electron chi connectivity index (χ3n) is 4.31. The summed E-state index contributed by atoms with van der Waals surface area (Å²) < 4.78 is 2.88. The fourth-order valence-electron chi connectivity index (χ4n) is 3.23. The van der Waals surface area contributed by atoms with Crippen molar-refractivity contribution in [2.45, 2.75) is 38.2 Å². The van der Waals surface area contributed by atoms with E-state index in [4.69, 9.17) is 0 Å². The van der Waals surface area contributed by atoms with Crippen LogP contribution >= 0.6 is 15.9 Å². The van der Waals surface area contributed by atoms with Gasteiger partial charge in [0, 0.05) is 19.4 Å². The van der Waals surface area contributed by atoms with E-state index in [1.54, 1.807) is 0 Å². The minimum absolute atomic E-state index is 0.244. The second kappa shape index (κ2) is 5.34. The number of rotatable bonds is 3. The second-order valence-electron chi connectivity index (χ2n) is 5.59. The summed E-state index contributed by atoms with van der Waals surface area (Å²) in [5, 5.41) is 15.0. The molecule has 106 valence electrons. The monoisotopic (exact) mass is 334 g/mol. The fourth-order valence-corrected chi connectivity index (χ4v) is 3.73. The van der Waals surface area contributed by atoms with Crippen molar-refractivity contribution in [1.29, 1.82) is 0 Å². The number of hydrogen-bond acceptors (Lipinski definition) is 2. The highest BCUT2D eigenvalue weighted by atomic mass is 79.9. The van der Waals surface area contributed by atoms with Crippen LogP contribution in [0.1, 0.15) is 34.9 Å². The lowest BCUT2D eigenvalue weighted by molar-refractivity contribution is 0.140. The average Bonchev–Trinajstić information content (AvgIpc) is 2.96. The number of halogens is 1. The molecule has 1 aliphatic rings. The number of nitrogens with zero attached hydrogens (tertiary/aromatic N) is 2. The van der Waals surface area contributed by atoms with Crippen LogP contribution in [0.25, 0.3) is 0 Å². The summed E-state index contributed by atoms with van der Waals surface area (Å²) >= 11 is 3.58. The number of aryl methyl sites for hydroxylation is 3. The molecule has 1 heterocycles. The van der Waals surface area contributed by atoms with Crippen molar-refractivity contribution in [2.75, 3.05) is 0 Å². The molecule has 4 heteroatoms. The molecule has 1 aliphatic carbocycles.